The average Bonchev–Trinajstić information content (AvgIpc) is 2.97. The van der Waals surface area contributed by atoms with Gasteiger partial charge in [0, 0.05) is 5.69 Å². The SMILES string of the molecule is Cc1cc(C(F)(F)F)n2nc(S(=O)(=O)Nc3ccccc3C(F)(F)F)nc2n1. The zero-order chi connectivity index (χ0) is 20.9. The van der Waals surface area contributed by atoms with Crippen molar-refractivity contribution in [1.29, 1.82) is 0 Å². The number of halogens is 6. The molecule has 7 nitrogen and oxygen atoms in total. The second-order valence-electron chi connectivity index (χ2n) is 5.54. The zero-order valence-corrected chi connectivity index (χ0v) is 14.5. The Labute approximate surface area is 153 Å². The van der Waals surface area contributed by atoms with E-state index in [0.29, 0.717) is 12.1 Å². The molecule has 150 valence electrons. The Bertz CT molecular complexity index is 1150. The number of fused-ring (bicyclic) bond motifs is 1. The summed E-state index contributed by atoms with van der Waals surface area (Å²) in [6, 6.07) is 4.31. The van der Waals surface area contributed by atoms with Crippen molar-refractivity contribution in [3.8, 4) is 0 Å². The lowest BCUT2D eigenvalue weighted by Gasteiger charge is -2.13. The molecule has 2 heterocycles. The number of hydrogen-bond donors (Lipinski definition) is 1. The van der Waals surface area contributed by atoms with Crippen molar-refractivity contribution in [3.63, 3.8) is 0 Å². The van der Waals surface area contributed by atoms with Crippen LogP contribution in [0.25, 0.3) is 5.78 Å². The highest BCUT2D eigenvalue weighted by Crippen LogP contribution is 2.35. The summed E-state index contributed by atoms with van der Waals surface area (Å²) >= 11 is 0. The summed E-state index contributed by atoms with van der Waals surface area (Å²) in [7, 11) is -4.83. The van der Waals surface area contributed by atoms with Crippen LogP contribution in [-0.4, -0.2) is 28.0 Å². The van der Waals surface area contributed by atoms with E-state index in [9.17, 15) is 34.8 Å². The van der Waals surface area contributed by atoms with E-state index in [0.717, 1.165) is 18.2 Å². The first-order valence-electron chi connectivity index (χ1n) is 7.30. The summed E-state index contributed by atoms with van der Waals surface area (Å²) in [5.74, 6) is -0.670. The fraction of sp³-hybridized carbons (Fsp3) is 0.214. The number of rotatable bonds is 3. The molecule has 14 heteroatoms. The molecular weight excluding hydrogens is 416 g/mol. The molecule has 0 bridgehead atoms. The average molecular weight is 425 g/mol. The fourth-order valence-corrected chi connectivity index (χ4v) is 3.24. The van der Waals surface area contributed by atoms with Crippen LogP contribution in [-0.2, 0) is 22.4 Å². The van der Waals surface area contributed by atoms with E-state index < -0.39 is 50.3 Å². The van der Waals surface area contributed by atoms with Crippen molar-refractivity contribution in [2.45, 2.75) is 24.4 Å². The van der Waals surface area contributed by atoms with Crippen molar-refractivity contribution < 1.29 is 34.8 Å². The summed E-state index contributed by atoms with van der Waals surface area (Å²) < 4.78 is 105. The number of anilines is 1. The summed E-state index contributed by atoms with van der Waals surface area (Å²) in [5.41, 5.74) is -3.55. The molecular formula is C14H9F6N5O2S. The highest BCUT2D eigenvalue weighted by atomic mass is 32.2. The molecule has 2 aromatic heterocycles. The number of hydrogen-bond acceptors (Lipinski definition) is 5. The molecule has 0 spiro atoms. The smallest absolute Gasteiger partial charge is 0.276 e. The molecule has 0 fully saturated rings. The van der Waals surface area contributed by atoms with Crippen LogP contribution < -0.4 is 4.72 Å². The molecule has 0 aliphatic carbocycles. The fourth-order valence-electron chi connectivity index (χ4n) is 2.29. The Morgan fingerprint density at radius 1 is 1.00 bits per heavy atom. The first-order chi connectivity index (χ1) is 12.8. The summed E-state index contributed by atoms with van der Waals surface area (Å²) in [6.07, 6.45) is -9.76. The van der Waals surface area contributed by atoms with Crippen molar-refractivity contribution in [2.24, 2.45) is 0 Å². The van der Waals surface area contributed by atoms with Crippen LogP contribution in [0.5, 0.6) is 0 Å². The van der Waals surface area contributed by atoms with E-state index in [1.54, 1.807) is 4.72 Å². The Kier molecular flexibility index (Phi) is 4.48. The Balaban J connectivity index is 2.11. The van der Waals surface area contributed by atoms with Crippen LogP contribution in [0.2, 0.25) is 0 Å². The maximum Gasteiger partial charge on any atom is 0.433 e. The predicted octanol–water partition coefficient (Wildman–Crippen LogP) is 3.27. The lowest BCUT2D eigenvalue weighted by molar-refractivity contribution is -0.142. The minimum Gasteiger partial charge on any atom is -0.276 e. The minimum absolute atomic E-state index is 0.105. The van der Waals surface area contributed by atoms with Crippen LogP contribution in [0.1, 0.15) is 17.0 Å². The van der Waals surface area contributed by atoms with Gasteiger partial charge in [-0.05, 0) is 25.1 Å². The molecule has 0 saturated carbocycles. The number of aryl methyl sites for hydroxylation is 1. The lowest BCUT2D eigenvalue weighted by Crippen LogP contribution is -2.18. The second kappa shape index (κ2) is 6.32. The van der Waals surface area contributed by atoms with Crippen molar-refractivity contribution in [1.82, 2.24) is 19.6 Å². The largest absolute Gasteiger partial charge is 0.433 e. The monoisotopic (exact) mass is 425 g/mol. The molecule has 0 saturated heterocycles. The zero-order valence-electron chi connectivity index (χ0n) is 13.7. The molecule has 28 heavy (non-hydrogen) atoms. The summed E-state index contributed by atoms with van der Waals surface area (Å²) in [5, 5.41) is 2.11. The van der Waals surface area contributed by atoms with Crippen LogP contribution >= 0.6 is 0 Å². The van der Waals surface area contributed by atoms with Gasteiger partial charge in [-0.3, -0.25) is 4.72 Å². The maximum atomic E-state index is 13.1. The summed E-state index contributed by atoms with van der Waals surface area (Å²) in [6.45, 7) is 1.23. The number of nitrogens with one attached hydrogen (secondary N) is 1. The molecule has 0 radical (unpaired) electrons. The van der Waals surface area contributed by atoms with E-state index >= 15 is 0 Å². The molecule has 0 atom stereocenters. The Morgan fingerprint density at radius 2 is 1.64 bits per heavy atom. The number of benzene rings is 1. The first-order valence-corrected chi connectivity index (χ1v) is 8.78. The van der Waals surface area contributed by atoms with E-state index in [4.69, 9.17) is 0 Å². The van der Waals surface area contributed by atoms with E-state index in [2.05, 4.69) is 15.1 Å². The van der Waals surface area contributed by atoms with Crippen LogP contribution in [0.3, 0.4) is 0 Å². The third-order valence-corrected chi connectivity index (χ3v) is 4.57. The van der Waals surface area contributed by atoms with Gasteiger partial charge in [-0.2, -0.15) is 44.3 Å². The third kappa shape index (κ3) is 3.72. The molecule has 1 N–H and O–H groups in total. The van der Waals surface area contributed by atoms with Gasteiger partial charge in [-0.1, -0.05) is 12.1 Å². The van der Waals surface area contributed by atoms with Crippen LogP contribution in [0.4, 0.5) is 32.0 Å². The first kappa shape index (κ1) is 19.9. The number of nitrogens with zero attached hydrogens (tertiary/aromatic N) is 4. The van der Waals surface area contributed by atoms with Crippen molar-refractivity contribution in [3.05, 3.63) is 47.3 Å². The minimum atomic E-state index is -4.89. The van der Waals surface area contributed by atoms with Crippen LogP contribution in [0, 0.1) is 6.92 Å². The molecule has 3 rings (SSSR count). The quantitative estimate of drug-likeness (QED) is 0.651. The molecule has 0 aliphatic rings. The standard InChI is InChI=1S/C14H9F6N5O2S/c1-7-6-10(14(18,19)20)25-11(21-7)22-12(23-25)28(26,27)24-9-5-3-2-4-8(9)13(15,16)17/h2-6,24H,1H3. The van der Waals surface area contributed by atoms with E-state index in [-0.39, 0.29) is 10.2 Å². The number of aromatic nitrogens is 4. The maximum absolute atomic E-state index is 13.1. The summed E-state index contributed by atoms with van der Waals surface area (Å²) in [4.78, 5) is 7.08. The number of para-hydroxylation sites is 1. The number of sulfonamides is 1. The van der Waals surface area contributed by atoms with Crippen molar-refractivity contribution >= 4 is 21.5 Å². The number of alkyl halides is 6. The highest BCUT2D eigenvalue weighted by Gasteiger charge is 2.37. The van der Waals surface area contributed by atoms with Gasteiger partial charge in [0.05, 0.1) is 11.3 Å². The second-order valence-corrected chi connectivity index (χ2v) is 7.11. The molecule has 0 unspecified atom stereocenters. The highest BCUT2D eigenvalue weighted by molar-refractivity contribution is 7.92. The van der Waals surface area contributed by atoms with Gasteiger partial charge >= 0.3 is 12.4 Å². The van der Waals surface area contributed by atoms with E-state index in [1.807, 2.05) is 0 Å². The van der Waals surface area contributed by atoms with Gasteiger partial charge in [0.2, 0.25) is 0 Å². The molecule has 1 aromatic carbocycles. The lowest BCUT2D eigenvalue weighted by atomic mass is 10.2. The molecule has 0 aliphatic heterocycles. The Morgan fingerprint density at radius 3 is 2.25 bits per heavy atom. The normalized spacial score (nSPS) is 13.1. The van der Waals surface area contributed by atoms with Gasteiger partial charge < -0.3 is 0 Å². The Hall–Kier alpha value is -2.90. The van der Waals surface area contributed by atoms with Gasteiger partial charge in [0.25, 0.3) is 21.0 Å². The van der Waals surface area contributed by atoms with Gasteiger partial charge in [0.1, 0.15) is 0 Å². The van der Waals surface area contributed by atoms with Gasteiger partial charge in [-0.25, -0.2) is 4.98 Å². The van der Waals surface area contributed by atoms with Crippen LogP contribution in [0.15, 0.2) is 35.5 Å². The molecule has 0 amide bonds. The third-order valence-electron chi connectivity index (χ3n) is 3.43. The van der Waals surface area contributed by atoms with Gasteiger partial charge in [0.15, 0.2) is 5.69 Å². The topological polar surface area (TPSA) is 89.3 Å². The van der Waals surface area contributed by atoms with E-state index in [1.165, 1.54) is 6.92 Å². The van der Waals surface area contributed by atoms with Gasteiger partial charge in [-0.15, -0.1) is 5.10 Å². The molecule has 3 aromatic rings. The predicted molar refractivity (Wildman–Crippen MR) is 82.8 cm³/mol. The van der Waals surface area contributed by atoms with Crippen molar-refractivity contribution in [2.75, 3.05) is 4.72 Å².